The van der Waals surface area contributed by atoms with Crippen LogP contribution in [0.3, 0.4) is 0 Å². The minimum Gasteiger partial charge on any atom is -0.491 e. The van der Waals surface area contributed by atoms with Crippen LogP contribution in [0, 0.1) is 0 Å². The van der Waals surface area contributed by atoms with Crippen LogP contribution in [0.15, 0.2) is 24.3 Å². The Balaban J connectivity index is 2.64. The van der Waals surface area contributed by atoms with E-state index in [9.17, 15) is 4.79 Å². The van der Waals surface area contributed by atoms with Gasteiger partial charge in [-0.2, -0.15) is 0 Å². The maximum absolute atomic E-state index is 12.0. The number of ether oxygens (including phenoxy) is 1. The molecule has 0 unspecified atom stereocenters. The Hall–Kier alpha value is -1.35. The van der Waals surface area contributed by atoms with Crippen molar-refractivity contribution in [1.82, 2.24) is 4.90 Å². The van der Waals surface area contributed by atoms with Crippen molar-refractivity contribution in [2.24, 2.45) is 0 Å². The van der Waals surface area contributed by atoms with Crippen molar-refractivity contribution in [3.8, 4) is 5.75 Å². The molecule has 1 rings (SSSR count). The molecule has 0 saturated heterocycles. The number of rotatable bonds is 7. The van der Waals surface area contributed by atoms with E-state index in [0.29, 0.717) is 6.54 Å². The molecule has 3 heteroatoms. The van der Waals surface area contributed by atoms with E-state index in [0.717, 1.165) is 24.4 Å². The molecule has 0 atom stereocenters. The molecule has 0 aliphatic heterocycles. The second-order valence-corrected chi connectivity index (χ2v) is 4.58. The lowest BCUT2D eigenvalue weighted by Gasteiger charge is -2.17. The second-order valence-electron chi connectivity index (χ2n) is 4.58. The van der Waals surface area contributed by atoms with Crippen molar-refractivity contribution >= 4 is 5.78 Å². The summed E-state index contributed by atoms with van der Waals surface area (Å²) in [6, 6.07) is 7.39. The van der Waals surface area contributed by atoms with Crippen LogP contribution in [0.5, 0.6) is 5.75 Å². The smallest absolute Gasteiger partial charge is 0.176 e. The highest BCUT2D eigenvalue weighted by Gasteiger charge is 2.10. The zero-order valence-corrected chi connectivity index (χ0v) is 11.8. The number of carbonyl (C=O) groups excluding carboxylic acids is 1. The fourth-order valence-corrected chi connectivity index (χ4v) is 1.73. The van der Waals surface area contributed by atoms with Crippen LogP contribution in [0.1, 0.15) is 38.1 Å². The van der Waals surface area contributed by atoms with Crippen LogP contribution >= 0.6 is 0 Å². The monoisotopic (exact) mass is 249 g/mol. The Kier molecular flexibility index (Phi) is 5.86. The summed E-state index contributed by atoms with van der Waals surface area (Å²) >= 11 is 0. The normalized spacial score (nSPS) is 11.0. The number of carbonyl (C=O) groups is 1. The molecule has 0 fully saturated rings. The Morgan fingerprint density at radius 2 is 1.72 bits per heavy atom. The summed E-state index contributed by atoms with van der Waals surface area (Å²) < 4.78 is 5.55. The van der Waals surface area contributed by atoms with Gasteiger partial charge in [-0.05, 0) is 51.2 Å². The summed E-state index contributed by atoms with van der Waals surface area (Å²) in [5.74, 6) is 0.971. The Bertz CT molecular complexity index is 367. The van der Waals surface area contributed by atoms with Crippen LogP contribution in [-0.2, 0) is 0 Å². The molecule has 0 aliphatic carbocycles. The predicted molar refractivity (Wildman–Crippen MR) is 74.3 cm³/mol. The maximum atomic E-state index is 12.0. The number of ketones is 1. The van der Waals surface area contributed by atoms with Crippen molar-refractivity contribution in [2.75, 3.05) is 19.6 Å². The van der Waals surface area contributed by atoms with Crippen LogP contribution < -0.4 is 4.74 Å². The number of nitrogens with zero attached hydrogens (tertiary/aromatic N) is 1. The average molecular weight is 249 g/mol. The lowest BCUT2D eigenvalue weighted by Crippen LogP contribution is -2.29. The highest BCUT2D eigenvalue weighted by atomic mass is 16.5. The molecule has 18 heavy (non-hydrogen) atoms. The van der Waals surface area contributed by atoms with E-state index in [4.69, 9.17) is 4.74 Å². The lowest BCUT2D eigenvalue weighted by molar-refractivity contribution is 0.0937. The van der Waals surface area contributed by atoms with Gasteiger partial charge in [0.05, 0.1) is 12.6 Å². The molecule has 0 aromatic heterocycles. The highest BCUT2D eigenvalue weighted by Crippen LogP contribution is 2.14. The molecule has 0 amide bonds. The summed E-state index contributed by atoms with van der Waals surface area (Å²) in [6.45, 7) is 10.4. The number of likely N-dealkylation sites (N-methyl/N-ethyl adjacent to an activating group) is 1. The molecular formula is C15H23NO2. The van der Waals surface area contributed by atoms with Crippen LogP contribution in [0.4, 0.5) is 0 Å². The Labute approximate surface area is 110 Å². The molecule has 0 spiro atoms. The molecule has 0 heterocycles. The Morgan fingerprint density at radius 1 is 1.17 bits per heavy atom. The van der Waals surface area contributed by atoms with Gasteiger partial charge in [0.15, 0.2) is 5.78 Å². The molecule has 3 nitrogen and oxygen atoms in total. The third-order valence-electron chi connectivity index (χ3n) is 2.81. The van der Waals surface area contributed by atoms with Gasteiger partial charge < -0.3 is 4.74 Å². The topological polar surface area (TPSA) is 29.5 Å². The first-order valence-electron chi connectivity index (χ1n) is 6.59. The van der Waals surface area contributed by atoms with Crippen molar-refractivity contribution < 1.29 is 9.53 Å². The van der Waals surface area contributed by atoms with Gasteiger partial charge in [0.25, 0.3) is 0 Å². The van der Waals surface area contributed by atoms with E-state index in [1.807, 2.05) is 38.1 Å². The van der Waals surface area contributed by atoms with E-state index in [1.165, 1.54) is 0 Å². The van der Waals surface area contributed by atoms with E-state index < -0.39 is 0 Å². The minimum absolute atomic E-state index is 0.155. The molecule has 100 valence electrons. The molecule has 0 N–H and O–H groups in total. The van der Waals surface area contributed by atoms with Gasteiger partial charge in [-0.3, -0.25) is 9.69 Å². The summed E-state index contributed by atoms with van der Waals surface area (Å²) in [6.07, 6.45) is 0.155. The van der Waals surface area contributed by atoms with Gasteiger partial charge in [-0.15, -0.1) is 0 Å². The van der Waals surface area contributed by atoms with E-state index in [-0.39, 0.29) is 11.9 Å². The third-order valence-corrected chi connectivity index (χ3v) is 2.81. The van der Waals surface area contributed by atoms with Gasteiger partial charge in [0, 0.05) is 5.56 Å². The predicted octanol–water partition coefficient (Wildman–Crippen LogP) is 3.00. The van der Waals surface area contributed by atoms with Crippen LogP contribution in [0.25, 0.3) is 0 Å². The minimum atomic E-state index is 0.155. The molecule has 1 aromatic rings. The molecule has 0 aliphatic rings. The number of Topliss-reactive ketones (excluding diaryl/α,β-unsaturated/α-hetero) is 1. The molecule has 1 aromatic carbocycles. The summed E-state index contributed by atoms with van der Waals surface area (Å²) in [4.78, 5) is 14.1. The van der Waals surface area contributed by atoms with Gasteiger partial charge in [-0.1, -0.05) is 13.8 Å². The molecular weight excluding hydrogens is 226 g/mol. The van der Waals surface area contributed by atoms with Crippen LogP contribution in [-0.4, -0.2) is 36.4 Å². The van der Waals surface area contributed by atoms with Gasteiger partial charge >= 0.3 is 0 Å². The number of hydrogen-bond donors (Lipinski definition) is 0. The fraction of sp³-hybridized carbons (Fsp3) is 0.533. The standard InChI is InChI=1S/C15H23NO2/c1-5-16(6-2)11-15(17)13-7-9-14(10-8-13)18-12(3)4/h7-10,12H,5-6,11H2,1-4H3. The van der Waals surface area contributed by atoms with Gasteiger partial charge in [-0.25, -0.2) is 0 Å². The van der Waals surface area contributed by atoms with E-state index >= 15 is 0 Å². The number of hydrogen-bond acceptors (Lipinski definition) is 3. The highest BCUT2D eigenvalue weighted by molar-refractivity contribution is 5.97. The first kappa shape index (κ1) is 14.7. The second kappa shape index (κ2) is 7.17. The van der Waals surface area contributed by atoms with Crippen molar-refractivity contribution in [3.05, 3.63) is 29.8 Å². The average Bonchev–Trinajstić information content (AvgIpc) is 2.35. The fourth-order valence-electron chi connectivity index (χ4n) is 1.73. The van der Waals surface area contributed by atoms with Crippen molar-refractivity contribution in [3.63, 3.8) is 0 Å². The van der Waals surface area contributed by atoms with Crippen molar-refractivity contribution in [2.45, 2.75) is 33.8 Å². The maximum Gasteiger partial charge on any atom is 0.176 e. The van der Waals surface area contributed by atoms with Gasteiger partial charge in [0.2, 0.25) is 0 Å². The summed E-state index contributed by atoms with van der Waals surface area (Å²) in [7, 11) is 0. The summed E-state index contributed by atoms with van der Waals surface area (Å²) in [5.41, 5.74) is 0.748. The van der Waals surface area contributed by atoms with Crippen molar-refractivity contribution in [1.29, 1.82) is 0 Å². The Morgan fingerprint density at radius 3 is 2.17 bits per heavy atom. The van der Waals surface area contributed by atoms with E-state index in [2.05, 4.69) is 18.7 Å². The number of benzene rings is 1. The zero-order chi connectivity index (χ0) is 13.5. The van der Waals surface area contributed by atoms with E-state index in [1.54, 1.807) is 0 Å². The largest absolute Gasteiger partial charge is 0.491 e. The molecule has 0 bridgehead atoms. The SMILES string of the molecule is CCN(CC)CC(=O)c1ccc(OC(C)C)cc1. The lowest BCUT2D eigenvalue weighted by atomic mass is 10.1. The zero-order valence-electron chi connectivity index (χ0n) is 11.8. The quantitative estimate of drug-likeness (QED) is 0.696. The van der Waals surface area contributed by atoms with Crippen LogP contribution in [0.2, 0.25) is 0 Å². The molecule has 0 saturated carbocycles. The third kappa shape index (κ3) is 4.49. The van der Waals surface area contributed by atoms with Gasteiger partial charge in [0.1, 0.15) is 5.75 Å². The first-order chi connectivity index (χ1) is 8.56. The molecule has 0 radical (unpaired) electrons. The first-order valence-corrected chi connectivity index (χ1v) is 6.59. The summed E-state index contributed by atoms with van der Waals surface area (Å²) in [5, 5.41) is 0.